The van der Waals surface area contributed by atoms with Gasteiger partial charge in [0, 0.05) is 42.6 Å². The lowest BCUT2D eigenvalue weighted by molar-refractivity contribution is 0.534. The van der Waals surface area contributed by atoms with Gasteiger partial charge in [0.25, 0.3) is 0 Å². The van der Waals surface area contributed by atoms with E-state index >= 15 is 0 Å². The largest absolute Gasteiger partial charge is 0.347 e. The van der Waals surface area contributed by atoms with E-state index < -0.39 is 10.0 Å². The van der Waals surface area contributed by atoms with Crippen LogP contribution in [0.3, 0.4) is 0 Å². The second-order valence-electron chi connectivity index (χ2n) is 8.76. The summed E-state index contributed by atoms with van der Waals surface area (Å²) in [5.74, 6) is 0.527. The van der Waals surface area contributed by atoms with E-state index in [1.54, 1.807) is 0 Å². The number of sulfonamides is 1. The third-order valence-corrected chi connectivity index (χ3v) is 7.93. The van der Waals surface area contributed by atoms with Crippen LogP contribution in [0.4, 0.5) is 0 Å². The number of nitrogens with zero attached hydrogens (tertiary/aromatic N) is 2. The van der Waals surface area contributed by atoms with E-state index in [9.17, 15) is 8.42 Å². The molecule has 1 aliphatic carbocycles. The van der Waals surface area contributed by atoms with Crippen molar-refractivity contribution in [2.75, 3.05) is 6.54 Å². The number of hydrogen-bond donors (Lipinski definition) is 1. The first kappa shape index (κ1) is 21.1. The molecule has 6 heteroatoms. The first-order valence-electron chi connectivity index (χ1n) is 10.9. The van der Waals surface area contributed by atoms with Crippen LogP contribution in [0.25, 0.3) is 22.0 Å². The SMILES string of the molecule is CC(C)Cn1cc(CCNS(=O)(=O)C2CCCC2)c2ccc(-c3ccncc3)cc21. The standard InChI is InChI=1S/C24H31N3O2S/c1-18(2)16-27-17-21(11-14-26-30(28,29)22-5-3-4-6-22)23-8-7-20(15-24(23)27)19-9-12-25-13-10-19/h7-10,12-13,15,17-18,22,26H,3-6,11,14,16H2,1-2H3. The third-order valence-electron chi connectivity index (χ3n) is 5.98. The van der Waals surface area contributed by atoms with E-state index in [2.05, 4.69) is 52.5 Å². The zero-order valence-corrected chi connectivity index (χ0v) is 18.7. The smallest absolute Gasteiger partial charge is 0.214 e. The lowest BCUT2D eigenvalue weighted by Crippen LogP contribution is -2.34. The molecule has 2 heterocycles. The number of pyridine rings is 1. The molecule has 1 aromatic carbocycles. The van der Waals surface area contributed by atoms with Gasteiger partial charge in [0.15, 0.2) is 0 Å². The summed E-state index contributed by atoms with van der Waals surface area (Å²) in [5.41, 5.74) is 4.71. The lowest BCUT2D eigenvalue weighted by atomic mass is 10.0. The van der Waals surface area contributed by atoms with E-state index in [4.69, 9.17) is 0 Å². The summed E-state index contributed by atoms with van der Waals surface area (Å²) in [7, 11) is -3.20. The van der Waals surface area contributed by atoms with E-state index in [0.717, 1.165) is 37.8 Å². The van der Waals surface area contributed by atoms with Crippen molar-refractivity contribution in [2.24, 2.45) is 5.92 Å². The number of benzene rings is 1. The minimum atomic E-state index is -3.20. The van der Waals surface area contributed by atoms with Gasteiger partial charge in [-0.1, -0.05) is 38.8 Å². The van der Waals surface area contributed by atoms with Crippen LogP contribution in [-0.4, -0.2) is 29.8 Å². The highest BCUT2D eigenvalue weighted by molar-refractivity contribution is 7.90. The molecule has 0 atom stereocenters. The molecule has 1 saturated carbocycles. The van der Waals surface area contributed by atoms with Crippen LogP contribution in [0.5, 0.6) is 0 Å². The molecular weight excluding hydrogens is 394 g/mol. The summed E-state index contributed by atoms with van der Waals surface area (Å²) in [5, 5.41) is 0.997. The van der Waals surface area contributed by atoms with Crippen molar-refractivity contribution in [3.63, 3.8) is 0 Å². The van der Waals surface area contributed by atoms with Gasteiger partial charge in [-0.25, -0.2) is 13.1 Å². The summed E-state index contributed by atoms with van der Waals surface area (Å²) < 4.78 is 30.2. The van der Waals surface area contributed by atoms with Gasteiger partial charge in [0.05, 0.1) is 5.25 Å². The molecule has 0 unspecified atom stereocenters. The van der Waals surface area contributed by atoms with Crippen LogP contribution in [0.15, 0.2) is 48.9 Å². The maximum Gasteiger partial charge on any atom is 0.214 e. The average molecular weight is 426 g/mol. The van der Waals surface area contributed by atoms with Gasteiger partial charge in [0.1, 0.15) is 0 Å². The predicted molar refractivity (Wildman–Crippen MR) is 123 cm³/mol. The fraction of sp³-hybridized carbons (Fsp3) is 0.458. The van der Waals surface area contributed by atoms with Gasteiger partial charge >= 0.3 is 0 Å². The van der Waals surface area contributed by atoms with Gasteiger partial charge in [-0.15, -0.1) is 0 Å². The second kappa shape index (κ2) is 8.90. The molecule has 1 N–H and O–H groups in total. The predicted octanol–water partition coefficient (Wildman–Crippen LogP) is 4.76. The Labute approximate surface area is 179 Å². The zero-order chi connectivity index (χ0) is 21.1. The molecular formula is C24H31N3O2S. The van der Waals surface area contributed by atoms with Gasteiger partial charge in [0.2, 0.25) is 10.0 Å². The molecule has 0 radical (unpaired) electrons. The molecule has 3 aromatic rings. The summed E-state index contributed by atoms with van der Waals surface area (Å²) >= 11 is 0. The van der Waals surface area contributed by atoms with Gasteiger partial charge in [-0.3, -0.25) is 4.98 Å². The maximum atomic E-state index is 12.5. The molecule has 0 spiro atoms. The van der Waals surface area contributed by atoms with Crippen LogP contribution in [-0.2, 0) is 23.0 Å². The number of fused-ring (bicyclic) bond motifs is 1. The fourth-order valence-corrected chi connectivity index (χ4v) is 6.06. The van der Waals surface area contributed by atoms with E-state index in [1.807, 2.05) is 24.5 Å². The molecule has 0 amide bonds. The summed E-state index contributed by atoms with van der Waals surface area (Å²) in [6.07, 6.45) is 10.2. The first-order valence-corrected chi connectivity index (χ1v) is 12.5. The molecule has 2 aromatic heterocycles. The fourth-order valence-electron chi connectivity index (χ4n) is 4.48. The molecule has 5 nitrogen and oxygen atoms in total. The molecule has 0 saturated heterocycles. The topological polar surface area (TPSA) is 64.0 Å². The summed E-state index contributed by atoms with van der Waals surface area (Å²) in [6, 6.07) is 10.6. The molecule has 30 heavy (non-hydrogen) atoms. The number of nitrogens with one attached hydrogen (secondary N) is 1. The van der Waals surface area contributed by atoms with Crippen molar-refractivity contribution in [1.82, 2.24) is 14.3 Å². The van der Waals surface area contributed by atoms with Gasteiger partial charge in [-0.2, -0.15) is 0 Å². The van der Waals surface area contributed by atoms with Crippen LogP contribution < -0.4 is 4.72 Å². The Morgan fingerprint density at radius 3 is 2.53 bits per heavy atom. The molecule has 0 bridgehead atoms. The third kappa shape index (κ3) is 4.60. The highest BCUT2D eigenvalue weighted by Gasteiger charge is 2.28. The number of hydrogen-bond acceptors (Lipinski definition) is 3. The highest BCUT2D eigenvalue weighted by Crippen LogP contribution is 2.29. The Balaban J connectivity index is 1.58. The highest BCUT2D eigenvalue weighted by atomic mass is 32.2. The quantitative estimate of drug-likeness (QED) is 0.566. The monoisotopic (exact) mass is 425 g/mol. The Hall–Kier alpha value is -2.18. The van der Waals surface area contributed by atoms with Crippen molar-refractivity contribution < 1.29 is 8.42 Å². The minimum Gasteiger partial charge on any atom is -0.347 e. The van der Waals surface area contributed by atoms with Gasteiger partial charge in [-0.05, 0) is 60.1 Å². The minimum absolute atomic E-state index is 0.206. The normalized spacial score (nSPS) is 15.4. The van der Waals surface area contributed by atoms with Crippen LogP contribution >= 0.6 is 0 Å². The maximum absolute atomic E-state index is 12.5. The molecule has 4 rings (SSSR count). The zero-order valence-electron chi connectivity index (χ0n) is 17.8. The van der Waals surface area contributed by atoms with Crippen LogP contribution in [0, 0.1) is 5.92 Å². The number of rotatable bonds is 8. The molecule has 160 valence electrons. The summed E-state index contributed by atoms with van der Waals surface area (Å²) in [6.45, 7) is 5.82. The van der Waals surface area contributed by atoms with Crippen molar-refractivity contribution in [3.05, 3.63) is 54.5 Å². The molecule has 1 aliphatic rings. The van der Waals surface area contributed by atoms with Crippen LogP contribution in [0.2, 0.25) is 0 Å². The molecule has 0 aliphatic heterocycles. The Morgan fingerprint density at radius 1 is 1.10 bits per heavy atom. The average Bonchev–Trinajstić information content (AvgIpc) is 3.38. The van der Waals surface area contributed by atoms with Crippen LogP contribution in [0.1, 0.15) is 45.1 Å². The summed E-state index contributed by atoms with van der Waals surface area (Å²) in [4.78, 5) is 4.11. The lowest BCUT2D eigenvalue weighted by Gasteiger charge is -2.12. The second-order valence-corrected chi connectivity index (χ2v) is 10.8. The number of aromatic nitrogens is 2. The van der Waals surface area contributed by atoms with E-state index in [1.165, 1.54) is 22.0 Å². The first-order chi connectivity index (χ1) is 14.4. The Kier molecular flexibility index (Phi) is 6.25. The van der Waals surface area contributed by atoms with Crippen molar-refractivity contribution in [1.29, 1.82) is 0 Å². The van der Waals surface area contributed by atoms with E-state index in [-0.39, 0.29) is 5.25 Å². The molecule has 1 fully saturated rings. The van der Waals surface area contributed by atoms with Crippen molar-refractivity contribution in [2.45, 2.75) is 57.7 Å². The Bertz CT molecular complexity index is 1100. The Morgan fingerprint density at radius 2 is 1.83 bits per heavy atom. The van der Waals surface area contributed by atoms with E-state index in [0.29, 0.717) is 18.9 Å². The van der Waals surface area contributed by atoms with Crippen molar-refractivity contribution >= 4 is 20.9 Å². The van der Waals surface area contributed by atoms with Gasteiger partial charge < -0.3 is 4.57 Å². The van der Waals surface area contributed by atoms with Crippen molar-refractivity contribution in [3.8, 4) is 11.1 Å².